The molecule has 2 aliphatic heterocycles. The van der Waals surface area contributed by atoms with Gasteiger partial charge in [0.25, 0.3) is 11.7 Å². The molecule has 2 heterocycles. The Kier molecular flexibility index (Phi) is 7.49. The maximum absolute atomic E-state index is 13.2. The zero-order valence-corrected chi connectivity index (χ0v) is 19.5. The highest BCUT2D eigenvalue weighted by atomic mass is 16.5. The van der Waals surface area contributed by atoms with Gasteiger partial charge in [0.05, 0.1) is 39.0 Å². The first-order valence-electron chi connectivity index (χ1n) is 11.4. The van der Waals surface area contributed by atoms with Gasteiger partial charge >= 0.3 is 0 Å². The molecule has 2 fully saturated rings. The third-order valence-electron chi connectivity index (χ3n) is 6.29. The first-order chi connectivity index (χ1) is 16.5. The predicted octanol–water partition coefficient (Wildman–Crippen LogP) is 2.85. The summed E-state index contributed by atoms with van der Waals surface area (Å²) in [6.45, 7) is 4.27. The van der Waals surface area contributed by atoms with Crippen molar-refractivity contribution in [2.24, 2.45) is 0 Å². The fraction of sp³-hybridized carbons (Fsp3) is 0.385. The molecule has 2 aromatic rings. The van der Waals surface area contributed by atoms with Crippen molar-refractivity contribution in [2.45, 2.75) is 12.5 Å². The first kappa shape index (κ1) is 23.8. The molecule has 34 heavy (non-hydrogen) atoms. The number of likely N-dealkylation sites (tertiary alicyclic amines) is 1. The topological polar surface area (TPSA) is 88.5 Å². The fourth-order valence-electron chi connectivity index (χ4n) is 4.54. The summed E-state index contributed by atoms with van der Waals surface area (Å²) in [6, 6.07) is 13.3. The number of hydrogen-bond donors (Lipinski definition) is 1. The van der Waals surface area contributed by atoms with Crippen LogP contribution in [0, 0.1) is 0 Å². The molecular weight excluding hydrogens is 436 g/mol. The molecule has 2 aliphatic rings. The minimum absolute atomic E-state index is 0.0501. The number of morpholine rings is 1. The van der Waals surface area contributed by atoms with Gasteiger partial charge in [0, 0.05) is 37.3 Å². The van der Waals surface area contributed by atoms with Crippen LogP contribution in [0.15, 0.2) is 54.1 Å². The monoisotopic (exact) mass is 466 g/mol. The number of nitrogens with zero attached hydrogens (tertiary/aromatic N) is 2. The van der Waals surface area contributed by atoms with Crippen LogP contribution in [0.5, 0.6) is 11.5 Å². The first-order valence-corrected chi connectivity index (χ1v) is 11.4. The highest BCUT2D eigenvalue weighted by molar-refractivity contribution is 6.46. The molecule has 8 nitrogen and oxygen atoms in total. The average Bonchev–Trinajstić information content (AvgIpc) is 3.13. The van der Waals surface area contributed by atoms with E-state index >= 15 is 0 Å². The van der Waals surface area contributed by atoms with Crippen molar-refractivity contribution in [1.29, 1.82) is 0 Å². The molecule has 0 bridgehead atoms. The molecule has 8 heteroatoms. The van der Waals surface area contributed by atoms with E-state index in [-0.39, 0.29) is 11.3 Å². The van der Waals surface area contributed by atoms with Gasteiger partial charge in [-0.2, -0.15) is 0 Å². The second kappa shape index (κ2) is 10.7. The van der Waals surface area contributed by atoms with E-state index in [0.717, 1.165) is 19.6 Å². The number of rotatable bonds is 8. The molecule has 0 aromatic heterocycles. The molecule has 1 amide bonds. The van der Waals surface area contributed by atoms with Crippen molar-refractivity contribution in [3.8, 4) is 11.5 Å². The smallest absolute Gasteiger partial charge is 0.295 e. The summed E-state index contributed by atoms with van der Waals surface area (Å²) in [5.41, 5.74) is 1.11. The van der Waals surface area contributed by atoms with E-state index in [2.05, 4.69) is 4.90 Å². The number of para-hydroxylation sites is 1. The van der Waals surface area contributed by atoms with Crippen LogP contribution in [0.3, 0.4) is 0 Å². The fourth-order valence-corrected chi connectivity index (χ4v) is 4.54. The second-order valence-electron chi connectivity index (χ2n) is 8.27. The van der Waals surface area contributed by atoms with Crippen molar-refractivity contribution in [3.05, 3.63) is 65.2 Å². The van der Waals surface area contributed by atoms with Gasteiger partial charge in [-0.3, -0.25) is 14.5 Å². The number of Topliss-reactive ketones (excluding diaryl/α,β-unsaturated/α-hetero) is 1. The maximum atomic E-state index is 13.2. The summed E-state index contributed by atoms with van der Waals surface area (Å²) in [4.78, 5) is 30.2. The van der Waals surface area contributed by atoms with E-state index < -0.39 is 17.7 Å². The van der Waals surface area contributed by atoms with Gasteiger partial charge in [0.2, 0.25) is 0 Å². The number of amides is 1. The summed E-state index contributed by atoms with van der Waals surface area (Å²) in [5, 5.41) is 11.2. The van der Waals surface area contributed by atoms with Gasteiger partial charge in [0.1, 0.15) is 17.3 Å². The number of carbonyl (C=O) groups excluding carboxylic acids is 2. The SMILES string of the molecule is COc1cccc(C(O)=C2C(=O)C(=O)N(CCCN3CCOCC3)[C@@H]2c2ccccc2OC)c1. The minimum Gasteiger partial charge on any atom is -0.507 e. The second-order valence-corrected chi connectivity index (χ2v) is 8.27. The van der Waals surface area contributed by atoms with Gasteiger partial charge in [-0.25, -0.2) is 0 Å². The number of benzene rings is 2. The molecule has 1 atom stereocenters. The van der Waals surface area contributed by atoms with Crippen LogP contribution in [-0.2, 0) is 14.3 Å². The molecule has 180 valence electrons. The number of ether oxygens (including phenoxy) is 3. The van der Waals surface area contributed by atoms with E-state index in [0.29, 0.717) is 48.8 Å². The molecular formula is C26H30N2O6. The lowest BCUT2D eigenvalue weighted by Gasteiger charge is -2.29. The van der Waals surface area contributed by atoms with E-state index in [1.807, 2.05) is 18.2 Å². The predicted molar refractivity (Wildman–Crippen MR) is 127 cm³/mol. The Morgan fingerprint density at radius 3 is 2.53 bits per heavy atom. The normalized spacial score (nSPS) is 20.5. The van der Waals surface area contributed by atoms with Gasteiger partial charge in [-0.15, -0.1) is 0 Å². The van der Waals surface area contributed by atoms with Crippen molar-refractivity contribution in [2.75, 3.05) is 53.6 Å². The van der Waals surface area contributed by atoms with E-state index in [4.69, 9.17) is 14.2 Å². The van der Waals surface area contributed by atoms with Crippen LogP contribution in [0.2, 0.25) is 0 Å². The lowest BCUT2D eigenvalue weighted by Crippen LogP contribution is -2.39. The number of aliphatic hydroxyl groups excluding tert-OH is 1. The van der Waals surface area contributed by atoms with Crippen LogP contribution in [0.4, 0.5) is 0 Å². The van der Waals surface area contributed by atoms with Crippen molar-refractivity contribution in [1.82, 2.24) is 9.80 Å². The van der Waals surface area contributed by atoms with E-state index in [9.17, 15) is 14.7 Å². The Hall–Kier alpha value is -3.36. The van der Waals surface area contributed by atoms with E-state index in [1.54, 1.807) is 42.3 Å². The summed E-state index contributed by atoms with van der Waals surface area (Å²) >= 11 is 0. The summed E-state index contributed by atoms with van der Waals surface area (Å²) in [6.07, 6.45) is 0.692. The number of methoxy groups -OCH3 is 2. The zero-order chi connectivity index (χ0) is 24.1. The third kappa shape index (κ3) is 4.78. The van der Waals surface area contributed by atoms with Crippen LogP contribution >= 0.6 is 0 Å². The van der Waals surface area contributed by atoms with Crippen LogP contribution < -0.4 is 9.47 Å². The van der Waals surface area contributed by atoms with Gasteiger partial charge < -0.3 is 24.2 Å². The zero-order valence-electron chi connectivity index (χ0n) is 19.5. The Morgan fingerprint density at radius 1 is 1.03 bits per heavy atom. The van der Waals surface area contributed by atoms with Gasteiger partial charge in [0.15, 0.2) is 0 Å². The molecule has 2 aromatic carbocycles. The Bertz CT molecular complexity index is 1080. The molecule has 0 saturated carbocycles. The maximum Gasteiger partial charge on any atom is 0.295 e. The number of hydrogen-bond acceptors (Lipinski definition) is 7. The molecule has 2 saturated heterocycles. The van der Waals surface area contributed by atoms with Gasteiger partial charge in [-0.1, -0.05) is 30.3 Å². The highest BCUT2D eigenvalue weighted by Crippen LogP contribution is 2.42. The molecule has 0 aliphatic carbocycles. The Labute approximate surface area is 199 Å². The molecule has 0 unspecified atom stereocenters. The summed E-state index contributed by atoms with van der Waals surface area (Å²) in [7, 11) is 3.08. The number of carbonyl (C=O) groups is 2. The average molecular weight is 467 g/mol. The van der Waals surface area contributed by atoms with Crippen molar-refractivity contribution < 1.29 is 28.9 Å². The lowest BCUT2D eigenvalue weighted by molar-refractivity contribution is -0.140. The quantitative estimate of drug-likeness (QED) is 0.364. The van der Waals surface area contributed by atoms with Crippen LogP contribution in [0.1, 0.15) is 23.6 Å². The Balaban J connectivity index is 1.72. The van der Waals surface area contributed by atoms with Crippen LogP contribution in [0.25, 0.3) is 5.76 Å². The lowest BCUT2D eigenvalue weighted by atomic mass is 9.94. The minimum atomic E-state index is -0.757. The molecule has 4 rings (SSSR count). The highest BCUT2D eigenvalue weighted by Gasteiger charge is 2.46. The molecule has 0 spiro atoms. The number of ketones is 1. The number of aliphatic hydroxyl groups is 1. The molecule has 0 radical (unpaired) electrons. The van der Waals surface area contributed by atoms with Gasteiger partial charge in [-0.05, 0) is 24.6 Å². The summed E-state index contributed by atoms with van der Waals surface area (Å²) in [5.74, 6) is -0.476. The summed E-state index contributed by atoms with van der Waals surface area (Å²) < 4.78 is 16.2. The largest absolute Gasteiger partial charge is 0.507 e. The molecule has 1 N–H and O–H groups in total. The van der Waals surface area contributed by atoms with E-state index in [1.165, 1.54) is 7.11 Å². The Morgan fingerprint density at radius 2 is 1.79 bits per heavy atom. The van der Waals surface area contributed by atoms with Crippen LogP contribution in [-0.4, -0.2) is 80.2 Å². The standard InChI is InChI=1S/C26H30N2O6/c1-32-19-8-5-7-18(17-19)24(29)22-23(20-9-3-4-10-21(20)33-2)28(26(31)25(22)30)12-6-11-27-13-15-34-16-14-27/h3-5,7-10,17,23,29H,6,11-16H2,1-2H3/t23-/m1/s1. The van der Waals surface area contributed by atoms with Crippen molar-refractivity contribution in [3.63, 3.8) is 0 Å². The van der Waals surface area contributed by atoms with Crippen molar-refractivity contribution >= 4 is 17.4 Å². The third-order valence-corrected chi connectivity index (χ3v) is 6.29.